The molecule has 1 heterocycles. The van der Waals surface area contributed by atoms with Crippen molar-refractivity contribution < 1.29 is 4.74 Å². The topological polar surface area (TPSA) is 45.9 Å². The molecule has 3 rings (SSSR count). The number of hydrogen-bond acceptors (Lipinski definition) is 3. The maximum absolute atomic E-state index is 8.92. The second-order valence-corrected chi connectivity index (χ2v) is 4.53. The van der Waals surface area contributed by atoms with Gasteiger partial charge in [-0.2, -0.15) is 5.26 Å². The minimum Gasteiger partial charge on any atom is -0.497 e. The molecule has 2 aromatic carbocycles. The number of methoxy groups -OCH3 is 1. The van der Waals surface area contributed by atoms with Gasteiger partial charge in [0.15, 0.2) is 0 Å². The fraction of sp³-hybridized carbons (Fsp3) is 0.0667. The lowest BCUT2D eigenvalue weighted by atomic mass is 10.1. The van der Waals surface area contributed by atoms with Crippen LogP contribution in [0, 0.1) is 11.3 Å². The van der Waals surface area contributed by atoms with Gasteiger partial charge < -0.3 is 4.74 Å². The molecule has 0 radical (unpaired) electrons. The van der Waals surface area contributed by atoms with Crippen molar-refractivity contribution in [2.45, 2.75) is 0 Å². The predicted octanol–water partition coefficient (Wildman–Crippen LogP) is 3.92. The Labute approximate surface area is 115 Å². The van der Waals surface area contributed by atoms with Gasteiger partial charge in [-0.15, -0.1) is 0 Å². The number of benzene rings is 2. The number of aromatic nitrogens is 1. The fourth-order valence-electron chi connectivity index (χ4n) is 2.07. The summed E-state index contributed by atoms with van der Waals surface area (Å²) in [7, 11) is 1.61. The minimum absolute atomic E-state index is 0.573. The first-order chi connectivity index (χ1) is 9.22. The van der Waals surface area contributed by atoms with Gasteiger partial charge in [0.2, 0.25) is 0 Å². The molecular formula is C15H9ClN2O. The number of rotatable bonds is 1. The molecule has 3 nitrogen and oxygen atoms in total. The van der Waals surface area contributed by atoms with Crippen LogP contribution in [0.3, 0.4) is 0 Å². The number of halogens is 1. The molecular weight excluding hydrogens is 260 g/mol. The molecule has 92 valence electrons. The molecule has 0 N–H and O–H groups in total. The van der Waals surface area contributed by atoms with Gasteiger partial charge in [-0.25, -0.2) is 4.98 Å². The van der Waals surface area contributed by atoms with Gasteiger partial charge in [0.05, 0.1) is 34.8 Å². The number of nitrogens with zero attached hydrogens (tertiary/aromatic N) is 2. The van der Waals surface area contributed by atoms with Crippen molar-refractivity contribution in [1.29, 1.82) is 5.26 Å². The number of ether oxygens (including phenoxy) is 1. The van der Waals surface area contributed by atoms with Crippen LogP contribution in [0.25, 0.3) is 21.8 Å². The van der Waals surface area contributed by atoms with Crippen LogP contribution in [-0.2, 0) is 0 Å². The van der Waals surface area contributed by atoms with E-state index in [-0.39, 0.29) is 0 Å². The van der Waals surface area contributed by atoms with Crippen LogP contribution < -0.4 is 4.74 Å². The molecule has 1 aromatic heterocycles. The first-order valence-corrected chi connectivity index (χ1v) is 6.08. The Balaban J connectivity index is 2.41. The quantitative estimate of drug-likeness (QED) is 0.628. The molecule has 0 aliphatic heterocycles. The van der Waals surface area contributed by atoms with E-state index < -0.39 is 0 Å². The summed E-state index contributed by atoms with van der Waals surface area (Å²) in [6, 6.07) is 13.0. The molecule has 4 heteroatoms. The van der Waals surface area contributed by atoms with Crippen LogP contribution in [0.4, 0.5) is 0 Å². The van der Waals surface area contributed by atoms with Crippen LogP contribution >= 0.6 is 11.6 Å². The number of hydrogen-bond donors (Lipinski definition) is 0. The third kappa shape index (κ3) is 1.87. The molecule has 0 saturated carbocycles. The van der Waals surface area contributed by atoms with E-state index >= 15 is 0 Å². The van der Waals surface area contributed by atoms with E-state index in [1.165, 1.54) is 0 Å². The number of pyridine rings is 1. The van der Waals surface area contributed by atoms with Crippen molar-refractivity contribution in [3.8, 4) is 11.8 Å². The molecule has 0 fully saturated rings. The molecule has 0 aliphatic carbocycles. The second kappa shape index (κ2) is 4.42. The summed E-state index contributed by atoms with van der Waals surface area (Å²) in [5.41, 5.74) is 2.08. The molecule has 0 amide bonds. The average molecular weight is 269 g/mol. The Morgan fingerprint density at radius 2 is 1.95 bits per heavy atom. The minimum atomic E-state index is 0.573. The Kier molecular flexibility index (Phi) is 2.73. The summed E-state index contributed by atoms with van der Waals surface area (Å²) >= 11 is 6.42. The largest absolute Gasteiger partial charge is 0.497 e. The van der Waals surface area contributed by atoms with Crippen molar-refractivity contribution >= 4 is 33.4 Å². The van der Waals surface area contributed by atoms with Crippen molar-refractivity contribution in [3.63, 3.8) is 0 Å². The SMILES string of the molecule is COc1ccc2nc3cc(C#N)ccc3c(Cl)c2c1. The molecule has 0 atom stereocenters. The van der Waals surface area contributed by atoms with Crippen LogP contribution in [0.5, 0.6) is 5.75 Å². The first kappa shape index (κ1) is 11.8. The molecule has 19 heavy (non-hydrogen) atoms. The smallest absolute Gasteiger partial charge is 0.119 e. The second-order valence-electron chi connectivity index (χ2n) is 4.15. The van der Waals surface area contributed by atoms with E-state index in [2.05, 4.69) is 11.1 Å². The van der Waals surface area contributed by atoms with Crippen LogP contribution in [0.1, 0.15) is 5.56 Å². The van der Waals surface area contributed by atoms with E-state index in [9.17, 15) is 0 Å². The summed E-state index contributed by atoms with van der Waals surface area (Å²) in [5, 5.41) is 11.2. The van der Waals surface area contributed by atoms with Crippen molar-refractivity contribution in [2.75, 3.05) is 7.11 Å². The van der Waals surface area contributed by atoms with Gasteiger partial charge in [0.1, 0.15) is 5.75 Å². The normalized spacial score (nSPS) is 10.6. The van der Waals surface area contributed by atoms with E-state index in [1.54, 1.807) is 19.2 Å². The van der Waals surface area contributed by atoms with E-state index in [0.717, 1.165) is 27.6 Å². The summed E-state index contributed by atoms with van der Waals surface area (Å²) in [5.74, 6) is 0.740. The van der Waals surface area contributed by atoms with Crippen LogP contribution in [0.15, 0.2) is 36.4 Å². The van der Waals surface area contributed by atoms with Gasteiger partial charge >= 0.3 is 0 Å². The third-order valence-electron chi connectivity index (χ3n) is 3.04. The lowest BCUT2D eigenvalue weighted by Crippen LogP contribution is -1.88. The zero-order valence-corrected chi connectivity index (χ0v) is 10.9. The molecule has 0 unspecified atom stereocenters. The molecule has 0 saturated heterocycles. The zero-order valence-electron chi connectivity index (χ0n) is 10.1. The van der Waals surface area contributed by atoms with Gasteiger partial charge in [0.25, 0.3) is 0 Å². The van der Waals surface area contributed by atoms with E-state index in [1.807, 2.05) is 24.3 Å². The lowest BCUT2D eigenvalue weighted by Gasteiger charge is -2.07. The number of nitriles is 1. The standard InChI is InChI=1S/C15H9ClN2O/c1-19-10-3-5-13-12(7-10)15(16)11-4-2-9(8-17)6-14(11)18-13/h2-7H,1H3. The van der Waals surface area contributed by atoms with Crippen LogP contribution in [-0.4, -0.2) is 12.1 Å². The highest BCUT2D eigenvalue weighted by atomic mass is 35.5. The third-order valence-corrected chi connectivity index (χ3v) is 3.45. The van der Waals surface area contributed by atoms with Gasteiger partial charge in [-0.1, -0.05) is 11.6 Å². The summed E-state index contributed by atoms with van der Waals surface area (Å²) < 4.78 is 5.20. The van der Waals surface area contributed by atoms with E-state index in [0.29, 0.717) is 10.6 Å². The summed E-state index contributed by atoms with van der Waals surface area (Å²) in [4.78, 5) is 4.53. The highest BCUT2D eigenvalue weighted by Gasteiger charge is 2.08. The zero-order chi connectivity index (χ0) is 13.4. The Morgan fingerprint density at radius 1 is 1.11 bits per heavy atom. The molecule has 0 bridgehead atoms. The van der Waals surface area contributed by atoms with Crippen molar-refractivity contribution in [1.82, 2.24) is 4.98 Å². The maximum atomic E-state index is 8.92. The Hall–Kier alpha value is -2.31. The molecule has 3 aromatic rings. The van der Waals surface area contributed by atoms with Gasteiger partial charge in [-0.3, -0.25) is 0 Å². The fourth-order valence-corrected chi connectivity index (χ4v) is 2.38. The monoisotopic (exact) mass is 268 g/mol. The maximum Gasteiger partial charge on any atom is 0.119 e. The molecule has 0 aliphatic rings. The summed E-state index contributed by atoms with van der Waals surface area (Å²) in [6.45, 7) is 0. The Morgan fingerprint density at radius 3 is 2.68 bits per heavy atom. The highest BCUT2D eigenvalue weighted by Crippen LogP contribution is 2.32. The lowest BCUT2D eigenvalue weighted by molar-refractivity contribution is 0.415. The van der Waals surface area contributed by atoms with Crippen molar-refractivity contribution in [3.05, 3.63) is 47.0 Å². The van der Waals surface area contributed by atoms with Gasteiger partial charge in [0, 0.05) is 10.8 Å². The Bertz CT molecular complexity index is 837. The van der Waals surface area contributed by atoms with Gasteiger partial charge in [-0.05, 0) is 36.4 Å². The first-order valence-electron chi connectivity index (χ1n) is 5.70. The average Bonchev–Trinajstić information content (AvgIpc) is 2.46. The number of fused-ring (bicyclic) bond motifs is 2. The summed E-state index contributed by atoms with van der Waals surface area (Å²) in [6.07, 6.45) is 0. The molecule has 0 spiro atoms. The van der Waals surface area contributed by atoms with Crippen LogP contribution in [0.2, 0.25) is 5.02 Å². The van der Waals surface area contributed by atoms with E-state index in [4.69, 9.17) is 21.6 Å². The predicted molar refractivity (Wildman–Crippen MR) is 75.5 cm³/mol. The highest BCUT2D eigenvalue weighted by molar-refractivity contribution is 6.40. The van der Waals surface area contributed by atoms with Crippen molar-refractivity contribution in [2.24, 2.45) is 0 Å².